The van der Waals surface area contributed by atoms with E-state index in [1.54, 1.807) is 0 Å². The summed E-state index contributed by atoms with van der Waals surface area (Å²) in [6.07, 6.45) is 0. The molecular formula is C17H16ClN3O6S2. The van der Waals surface area contributed by atoms with Crippen molar-refractivity contribution in [1.82, 2.24) is 0 Å². The summed E-state index contributed by atoms with van der Waals surface area (Å²) in [5.74, 6) is -2.26. The van der Waals surface area contributed by atoms with Gasteiger partial charge in [0.1, 0.15) is 0 Å². The van der Waals surface area contributed by atoms with Gasteiger partial charge in [0.2, 0.25) is 26.0 Å². The third kappa shape index (κ3) is 4.27. The van der Waals surface area contributed by atoms with Crippen molar-refractivity contribution < 1.29 is 26.4 Å². The van der Waals surface area contributed by atoms with Gasteiger partial charge in [-0.05, 0) is 42.5 Å². The topological polar surface area (TPSA) is 144 Å². The van der Waals surface area contributed by atoms with Gasteiger partial charge in [-0.15, -0.1) is 0 Å². The summed E-state index contributed by atoms with van der Waals surface area (Å²) in [6.45, 7) is 1.51. The van der Waals surface area contributed by atoms with Crippen LogP contribution in [0.5, 0.6) is 0 Å². The number of primary sulfonamides is 1. The minimum absolute atomic E-state index is 0.0125. The number of halogens is 1. The van der Waals surface area contributed by atoms with Crippen molar-refractivity contribution in [2.45, 2.75) is 11.8 Å². The first-order valence-electron chi connectivity index (χ1n) is 8.21. The molecule has 0 bridgehead atoms. The third-order valence-corrected chi connectivity index (χ3v) is 7.36. The summed E-state index contributed by atoms with van der Waals surface area (Å²) in [5.41, 5.74) is 0.225. The van der Waals surface area contributed by atoms with Crippen LogP contribution in [0.15, 0.2) is 47.4 Å². The molecule has 9 nitrogen and oxygen atoms in total. The van der Waals surface area contributed by atoms with Crippen LogP contribution in [0.4, 0.5) is 11.4 Å². The predicted molar refractivity (Wildman–Crippen MR) is 108 cm³/mol. The Morgan fingerprint density at radius 3 is 2.34 bits per heavy atom. The quantitative estimate of drug-likeness (QED) is 0.712. The van der Waals surface area contributed by atoms with Crippen LogP contribution in [0, 0.1) is 5.92 Å². The first kappa shape index (κ1) is 21.2. The molecule has 2 aromatic rings. The molecule has 1 atom stereocenters. The molecule has 154 valence electrons. The highest BCUT2D eigenvalue weighted by atomic mass is 35.5. The van der Waals surface area contributed by atoms with E-state index in [0.29, 0.717) is 4.31 Å². The van der Waals surface area contributed by atoms with E-state index >= 15 is 0 Å². The van der Waals surface area contributed by atoms with Gasteiger partial charge < -0.3 is 5.32 Å². The van der Waals surface area contributed by atoms with Crippen LogP contribution >= 0.6 is 11.6 Å². The monoisotopic (exact) mass is 457 g/mol. The van der Waals surface area contributed by atoms with Crippen molar-refractivity contribution >= 4 is 54.8 Å². The number of nitrogens with two attached hydrogens (primary N) is 1. The van der Waals surface area contributed by atoms with Gasteiger partial charge in [0.15, 0.2) is 0 Å². The van der Waals surface area contributed by atoms with E-state index in [0.717, 1.165) is 0 Å². The van der Waals surface area contributed by atoms with Gasteiger partial charge in [-0.2, -0.15) is 0 Å². The summed E-state index contributed by atoms with van der Waals surface area (Å²) < 4.78 is 47.8. The number of carbonyl (C=O) groups is 2. The molecule has 1 aliphatic rings. The number of sulfonamides is 2. The number of anilines is 2. The molecule has 2 amide bonds. The second-order valence-corrected chi connectivity index (χ2v) is 10.3. The lowest BCUT2D eigenvalue weighted by atomic mass is 10.1. The zero-order valence-electron chi connectivity index (χ0n) is 15.0. The van der Waals surface area contributed by atoms with Crippen LogP contribution in [0.3, 0.4) is 0 Å². The SMILES string of the molecule is CC1CS(=O)(=O)N(c2ccc(Cl)c(C(=O)Nc3ccc(S(N)(=O)=O)cc3)c2)C1=O. The summed E-state index contributed by atoms with van der Waals surface area (Å²) in [4.78, 5) is 24.7. The highest BCUT2D eigenvalue weighted by Crippen LogP contribution is 2.31. The average molecular weight is 458 g/mol. The Hall–Kier alpha value is -2.47. The van der Waals surface area contributed by atoms with Gasteiger partial charge in [0.05, 0.1) is 32.8 Å². The van der Waals surface area contributed by atoms with Crippen LogP contribution in [0.25, 0.3) is 0 Å². The Kier molecular flexibility index (Phi) is 5.43. The molecule has 1 aliphatic heterocycles. The van der Waals surface area contributed by atoms with Crippen molar-refractivity contribution in [2.75, 3.05) is 15.4 Å². The summed E-state index contributed by atoms with van der Waals surface area (Å²) in [7, 11) is -7.70. The zero-order chi connectivity index (χ0) is 21.6. The van der Waals surface area contributed by atoms with Crippen molar-refractivity contribution in [3.8, 4) is 0 Å². The summed E-state index contributed by atoms with van der Waals surface area (Å²) in [6, 6.07) is 9.00. The fourth-order valence-electron chi connectivity index (χ4n) is 2.83. The molecule has 3 rings (SSSR count). The minimum atomic E-state index is -3.87. The Morgan fingerprint density at radius 2 is 1.83 bits per heavy atom. The molecular weight excluding hydrogens is 442 g/mol. The zero-order valence-corrected chi connectivity index (χ0v) is 17.4. The smallest absolute Gasteiger partial charge is 0.257 e. The van der Waals surface area contributed by atoms with E-state index in [9.17, 15) is 26.4 Å². The van der Waals surface area contributed by atoms with Crippen molar-refractivity contribution in [1.29, 1.82) is 0 Å². The lowest BCUT2D eigenvalue weighted by Crippen LogP contribution is -2.30. The summed E-state index contributed by atoms with van der Waals surface area (Å²) >= 11 is 6.08. The second-order valence-electron chi connectivity index (χ2n) is 6.47. The maximum Gasteiger partial charge on any atom is 0.257 e. The predicted octanol–water partition coefficient (Wildman–Crippen LogP) is 1.55. The number of hydrogen-bond donors (Lipinski definition) is 2. The van der Waals surface area contributed by atoms with E-state index in [-0.39, 0.29) is 32.6 Å². The number of nitrogens with one attached hydrogen (secondary N) is 1. The van der Waals surface area contributed by atoms with Crippen molar-refractivity contribution in [3.63, 3.8) is 0 Å². The fraction of sp³-hybridized carbons (Fsp3) is 0.176. The normalized spacial score (nSPS) is 18.7. The van der Waals surface area contributed by atoms with E-state index < -0.39 is 37.8 Å². The summed E-state index contributed by atoms with van der Waals surface area (Å²) in [5, 5.41) is 7.59. The molecule has 0 aliphatic carbocycles. The van der Waals surface area contributed by atoms with Crippen LogP contribution in [-0.2, 0) is 24.8 Å². The van der Waals surface area contributed by atoms with Gasteiger partial charge in [-0.25, -0.2) is 26.3 Å². The molecule has 29 heavy (non-hydrogen) atoms. The van der Waals surface area contributed by atoms with Crippen molar-refractivity contribution in [2.24, 2.45) is 11.1 Å². The van der Waals surface area contributed by atoms with Crippen LogP contribution in [0.2, 0.25) is 5.02 Å². The first-order chi connectivity index (χ1) is 13.4. The molecule has 12 heteroatoms. The van der Waals surface area contributed by atoms with E-state index in [2.05, 4.69) is 5.32 Å². The Morgan fingerprint density at radius 1 is 1.21 bits per heavy atom. The minimum Gasteiger partial charge on any atom is -0.322 e. The van der Waals surface area contributed by atoms with Gasteiger partial charge >= 0.3 is 0 Å². The number of amides is 2. The molecule has 1 saturated heterocycles. The lowest BCUT2D eigenvalue weighted by Gasteiger charge is -2.17. The number of carbonyl (C=O) groups excluding carboxylic acids is 2. The van der Waals surface area contributed by atoms with Crippen molar-refractivity contribution in [3.05, 3.63) is 53.1 Å². The largest absolute Gasteiger partial charge is 0.322 e. The fourth-order valence-corrected chi connectivity index (χ4v) is 5.36. The van der Waals surface area contributed by atoms with Crippen LogP contribution < -0.4 is 14.8 Å². The second kappa shape index (κ2) is 7.41. The van der Waals surface area contributed by atoms with Gasteiger partial charge in [0, 0.05) is 5.69 Å². The molecule has 1 unspecified atom stereocenters. The van der Waals surface area contributed by atoms with Gasteiger partial charge in [-0.1, -0.05) is 18.5 Å². The highest BCUT2D eigenvalue weighted by molar-refractivity contribution is 7.94. The molecule has 2 aromatic carbocycles. The van der Waals surface area contributed by atoms with E-state index in [4.69, 9.17) is 16.7 Å². The molecule has 1 fully saturated rings. The Bertz CT molecular complexity index is 1210. The van der Waals surface area contributed by atoms with E-state index in [1.807, 2.05) is 0 Å². The Balaban J connectivity index is 1.90. The molecule has 0 radical (unpaired) electrons. The third-order valence-electron chi connectivity index (χ3n) is 4.23. The number of rotatable bonds is 4. The van der Waals surface area contributed by atoms with Crippen LogP contribution in [0.1, 0.15) is 17.3 Å². The van der Waals surface area contributed by atoms with E-state index in [1.165, 1.54) is 49.4 Å². The number of hydrogen-bond acceptors (Lipinski definition) is 6. The molecule has 0 spiro atoms. The highest BCUT2D eigenvalue weighted by Gasteiger charge is 2.42. The standard InChI is InChI=1S/C17H16ClN3O6S2/c1-10-9-28(24,25)21(17(10)23)12-4-7-15(18)14(8-12)16(22)20-11-2-5-13(6-3-11)29(19,26)27/h2-8,10H,9H2,1H3,(H,20,22)(H2,19,26,27). The average Bonchev–Trinajstić information content (AvgIpc) is 2.82. The molecule has 0 aromatic heterocycles. The van der Waals surface area contributed by atoms with Gasteiger partial charge in [0.25, 0.3) is 5.91 Å². The van der Waals surface area contributed by atoms with Gasteiger partial charge in [-0.3, -0.25) is 9.59 Å². The van der Waals surface area contributed by atoms with Crippen LogP contribution in [-0.4, -0.2) is 34.4 Å². The maximum absolute atomic E-state index is 12.6. The number of nitrogens with zero attached hydrogens (tertiary/aromatic N) is 1. The molecule has 3 N–H and O–H groups in total. The maximum atomic E-state index is 12.6. The molecule has 0 saturated carbocycles. The number of benzene rings is 2. The first-order valence-corrected chi connectivity index (χ1v) is 11.7. The lowest BCUT2D eigenvalue weighted by molar-refractivity contribution is -0.119. The molecule has 1 heterocycles. The Labute approximate surface area is 172 Å².